The normalized spacial score (nSPS) is 10.6. The molecule has 0 unspecified atom stereocenters. The van der Waals surface area contributed by atoms with E-state index in [-0.39, 0.29) is 12.5 Å². The van der Waals surface area contributed by atoms with Crippen molar-refractivity contribution in [2.24, 2.45) is 0 Å². The molecule has 0 saturated heterocycles. The van der Waals surface area contributed by atoms with Gasteiger partial charge >= 0.3 is 0 Å². The lowest BCUT2D eigenvalue weighted by atomic mass is 10.2. The Hall–Kier alpha value is -2.21. The minimum absolute atomic E-state index is 0.134. The summed E-state index contributed by atoms with van der Waals surface area (Å²) < 4.78 is 7.03. The third-order valence-electron chi connectivity index (χ3n) is 3.47. The molecule has 2 aromatic carbocycles. The minimum Gasteiger partial charge on any atom is -0.484 e. The number of carbonyl (C=O) groups is 1. The quantitative estimate of drug-likeness (QED) is 0.628. The van der Waals surface area contributed by atoms with Crippen molar-refractivity contribution in [3.63, 3.8) is 0 Å². The fourth-order valence-electron chi connectivity index (χ4n) is 2.22. The smallest absolute Gasteiger partial charge is 0.263 e. The molecule has 26 heavy (non-hydrogen) atoms. The molecule has 3 aromatic rings. The molecule has 0 atom stereocenters. The van der Waals surface area contributed by atoms with Gasteiger partial charge in [0.05, 0.1) is 6.54 Å². The third-order valence-corrected chi connectivity index (χ3v) is 4.43. The van der Waals surface area contributed by atoms with E-state index < -0.39 is 0 Å². The Balaban J connectivity index is 1.56. The predicted molar refractivity (Wildman–Crippen MR) is 103 cm³/mol. The van der Waals surface area contributed by atoms with E-state index >= 15 is 0 Å². The van der Waals surface area contributed by atoms with Gasteiger partial charge in [-0.1, -0.05) is 40.9 Å². The van der Waals surface area contributed by atoms with Crippen LogP contribution in [0.3, 0.4) is 0 Å². The maximum absolute atomic E-state index is 12.0. The van der Waals surface area contributed by atoms with Crippen molar-refractivity contribution in [3.8, 4) is 5.75 Å². The van der Waals surface area contributed by atoms with E-state index in [9.17, 15) is 4.79 Å². The molecule has 0 spiro atoms. The minimum atomic E-state index is -0.319. The number of nitrogens with zero attached hydrogens (tertiary/aromatic N) is 2. The molecule has 0 saturated carbocycles. The maximum Gasteiger partial charge on any atom is 0.263 e. The first-order valence-corrected chi connectivity index (χ1v) is 8.79. The van der Waals surface area contributed by atoms with E-state index in [1.54, 1.807) is 59.4 Å². The number of ether oxygens (including phenoxy) is 1. The van der Waals surface area contributed by atoms with E-state index in [2.05, 4.69) is 10.4 Å². The van der Waals surface area contributed by atoms with Gasteiger partial charge in [-0.25, -0.2) is 0 Å². The van der Waals surface area contributed by atoms with Gasteiger partial charge < -0.3 is 10.1 Å². The Kier molecular flexibility index (Phi) is 6.04. The molecular formula is C18H14Cl3N3O2. The van der Waals surface area contributed by atoms with Crippen molar-refractivity contribution in [2.75, 3.05) is 11.9 Å². The van der Waals surface area contributed by atoms with E-state index in [4.69, 9.17) is 39.5 Å². The lowest BCUT2D eigenvalue weighted by molar-refractivity contribution is -0.118. The molecule has 0 aliphatic rings. The molecule has 0 bridgehead atoms. The summed E-state index contributed by atoms with van der Waals surface area (Å²) in [6.45, 7) is 0.264. The van der Waals surface area contributed by atoms with Crippen molar-refractivity contribution < 1.29 is 9.53 Å². The summed E-state index contributed by atoms with van der Waals surface area (Å²) in [7, 11) is 0. The van der Waals surface area contributed by atoms with Crippen LogP contribution in [0.5, 0.6) is 5.75 Å². The van der Waals surface area contributed by atoms with Crippen molar-refractivity contribution in [1.29, 1.82) is 0 Å². The van der Waals surface area contributed by atoms with Crippen LogP contribution in [0.1, 0.15) is 5.56 Å². The van der Waals surface area contributed by atoms with Gasteiger partial charge in [0, 0.05) is 32.9 Å². The lowest BCUT2D eigenvalue weighted by Crippen LogP contribution is -2.20. The van der Waals surface area contributed by atoms with Gasteiger partial charge in [-0.3, -0.25) is 9.48 Å². The second kappa shape index (κ2) is 8.45. The van der Waals surface area contributed by atoms with Crippen LogP contribution >= 0.6 is 34.8 Å². The van der Waals surface area contributed by atoms with Crippen molar-refractivity contribution >= 4 is 46.5 Å². The number of hydrogen-bond acceptors (Lipinski definition) is 3. The van der Waals surface area contributed by atoms with E-state index in [1.165, 1.54) is 0 Å². The number of hydrogen-bond donors (Lipinski definition) is 1. The van der Waals surface area contributed by atoms with Crippen LogP contribution < -0.4 is 10.1 Å². The van der Waals surface area contributed by atoms with Gasteiger partial charge in [-0.2, -0.15) is 5.10 Å². The second-order valence-corrected chi connectivity index (χ2v) is 6.64. The molecule has 5 nitrogen and oxygen atoms in total. The SMILES string of the molecule is O=C(COc1ccc(Cl)cc1)Nc1ccn(Cc2c(Cl)cccc2Cl)n1. The third kappa shape index (κ3) is 4.91. The van der Waals surface area contributed by atoms with Crippen LogP contribution in [-0.2, 0) is 11.3 Å². The Bertz CT molecular complexity index is 890. The number of amides is 1. The number of benzene rings is 2. The van der Waals surface area contributed by atoms with E-state index in [0.29, 0.717) is 33.2 Å². The molecule has 3 rings (SSSR count). The molecule has 1 N–H and O–H groups in total. The molecule has 0 aliphatic carbocycles. The first-order chi connectivity index (χ1) is 12.5. The topological polar surface area (TPSA) is 56.1 Å². The van der Waals surface area contributed by atoms with Gasteiger partial charge in [-0.15, -0.1) is 0 Å². The zero-order chi connectivity index (χ0) is 18.5. The van der Waals surface area contributed by atoms with E-state index in [0.717, 1.165) is 5.56 Å². The number of rotatable bonds is 6. The van der Waals surface area contributed by atoms with Crippen LogP contribution in [0, 0.1) is 0 Å². The summed E-state index contributed by atoms with van der Waals surface area (Å²) in [5.74, 6) is 0.655. The van der Waals surface area contributed by atoms with Gasteiger partial charge in [0.15, 0.2) is 12.4 Å². The molecule has 0 aliphatic heterocycles. The van der Waals surface area contributed by atoms with Crippen molar-refractivity contribution in [3.05, 3.63) is 75.4 Å². The Morgan fingerprint density at radius 3 is 2.42 bits per heavy atom. The first kappa shape index (κ1) is 18.6. The Morgan fingerprint density at radius 2 is 1.73 bits per heavy atom. The lowest BCUT2D eigenvalue weighted by Gasteiger charge is -2.07. The monoisotopic (exact) mass is 409 g/mol. The summed E-state index contributed by atoms with van der Waals surface area (Å²) in [4.78, 5) is 12.0. The standard InChI is InChI=1S/C18H14Cl3N3O2/c19-12-4-6-13(7-5-12)26-11-18(25)22-17-8-9-24(23-17)10-14-15(20)2-1-3-16(14)21/h1-9H,10-11H2,(H,22,23,25). The number of carbonyl (C=O) groups excluding carboxylic acids is 1. The molecule has 134 valence electrons. The second-order valence-electron chi connectivity index (χ2n) is 5.39. The summed E-state index contributed by atoms with van der Waals surface area (Å²) in [5.41, 5.74) is 0.767. The highest BCUT2D eigenvalue weighted by molar-refractivity contribution is 6.36. The van der Waals surface area contributed by atoms with Gasteiger partial charge in [0.1, 0.15) is 5.75 Å². The van der Waals surface area contributed by atoms with Gasteiger partial charge in [0.2, 0.25) is 0 Å². The highest BCUT2D eigenvalue weighted by Gasteiger charge is 2.09. The zero-order valence-corrected chi connectivity index (χ0v) is 15.7. The van der Waals surface area contributed by atoms with Crippen molar-refractivity contribution in [2.45, 2.75) is 6.54 Å². The van der Waals surface area contributed by atoms with Crippen LogP contribution in [0.25, 0.3) is 0 Å². The highest BCUT2D eigenvalue weighted by atomic mass is 35.5. The van der Waals surface area contributed by atoms with Crippen LogP contribution in [0.15, 0.2) is 54.7 Å². The van der Waals surface area contributed by atoms with Crippen LogP contribution in [0.2, 0.25) is 15.1 Å². The number of aromatic nitrogens is 2. The zero-order valence-electron chi connectivity index (χ0n) is 13.5. The fraction of sp³-hybridized carbons (Fsp3) is 0.111. The van der Waals surface area contributed by atoms with Crippen LogP contribution in [-0.4, -0.2) is 22.3 Å². The van der Waals surface area contributed by atoms with Gasteiger partial charge in [0.25, 0.3) is 5.91 Å². The average Bonchev–Trinajstić information content (AvgIpc) is 3.05. The fourth-order valence-corrected chi connectivity index (χ4v) is 2.86. The Labute approximate surface area is 165 Å². The molecule has 0 radical (unpaired) electrons. The number of anilines is 1. The molecule has 1 aromatic heterocycles. The molecule has 1 heterocycles. The largest absolute Gasteiger partial charge is 0.484 e. The number of halogens is 3. The first-order valence-electron chi connectivity index (χ1n) is 7.66. The van der Waals surface area contributed by atoms with Crippen LogP contribution in [0.4, 0.5) is 5.82 Å². The average molecular weight is 411 g/mol. The van der Waals surface area contributed by atoms with Crippen molar-refractivity contribution in [1.82, 2.24) is 9.78 Å². The Morgan fingerprint density at radius 1 is 1.04 bits per heavy atom. The molecular weight excluding hydrogens is 397 g/mol. The molecule has 8 heteroatoms. The summed E-state index contributed by atoms with van der Waals surface area (Å²) in [5, 5.41) is 8.69. The molecule has 0 fully saturated rings. The predicted octanol–water partition coefficient (Wildman–Crippen LogP) is 4.91. The summed E-state index contributed by atoms with van der Waals surface area (Å²) in [6.07, 6.45) is 1.73. The van der Waals surface area contributed by atoms with E-state index in [1.807, 2.05) is 0 Å². The highest BCUT2D eigenvalue weighted by Crippen LogP contribution is 2.25. The maximum atomic E-state index is 12.0. The summed E-state index contributed by atoms with van der Waals surface area (Å²) >= 11 is 18.1. The molecule has 1 amide bonds. The van der Waals surface area contributed by atoms with Gasteiger partial charge in [-0.05, 0) is 36.4 Å². The number of nitrogens with one attached hydrogen (secondary N) is 1. The summed E-state index contributed by atoms with van der Waals surface area (Å²) in [6, 6.07) is 13.8.